The number of pyridine rings is 1. The number of likely N-dealkylation sites (N-methyl/N-ethyl adjacent to an activating group) is 1. The number of carbonyl (C=O) groups is 9. The van der Waals surface area contributed by atoms with Crippen LogP contribution in [-0.4, -0.2) is 187 Å². The van der Waals surface area contributed by atoms with E-state index < -0.39 is 82.5 Å². The molecule has 1 saturated heterocycles. The number of aliphatic hydroxyl groups is 1. The molecular formula is C73H85N11O19S2. The van der Waals surface area contributed by atoms with Gasteiger partial charge in [-0.05, 0) is 140 Å². The molecule has 3 aromatic carbocycles. The normalized spacial score (nSPS) is 23.4. The van der Waals surface area contributed by atoms with Crippen molar-refractivity contribution in [2.75, 3.05) is 61.1 Å². The number of hydrogen-bond donors (Lipinski definition) is 8. The number of aromatic nitrogens is 4. The fourth-order valence-corrected chi connectivity index (χ4v) is 18.5. The standard InChI is InChI=1S/C73H85N11O19S2/c1-43-49(47-17-19-57(79-63(47)67(94)95)82-26-23-45-11-10-12-48(50(45)33-82)64(90)80-68-77-51-13-7-8-14-56(51)104-68)32-75-84(43)42-72-37-70(2)36-71(3,38-72)40-73(39-70,41-72)101-28-27-81(4)65(91)53(35-105(97,98)99)78-69(96)100-34-44-16-18-54(102-62-31-46(85)30-55(103-62)66(92)93)52(29-44)76-59(87)22-24-74-58(86)15-6-5-9-25-83-60(88)20-21-61(83)89/h7-8,10-14,16-21,29,32,46,53,55,62,85H,5-6,9,15,22-28,30-31,33-42H2,1-4H3,(H,74,86)(H,76,87)(H,78,96)(H,92,93)(H,94,95)(H,77,80,90)(H,97,98,99)/t46-,53-,55-,62+,70?,71?,72?,73?/m0/s1. The fourth-order valence-electron chi connectivity index (χ4n) is 17.0. The van der Waals surface area contributed by atoms with E-state index in [0.717, 1.165) is 64.0 Å². The van der Waals surface area contributed by atoms with Gasteiger partial charge in [0, 0.05) is 107 Å². The molecule has 4 bridgehead atoms. The van der Waals surface area contributed by atoms with E-state index in [0.29, 0.717) is 79.4 Å². The second-order valence-corrected chi connectivity index (χ2v) is 31.8. The number of aromatic carboxylic acids is 1. The Balaban J connectivity index is 0.658. The van der Waals surface area contributed by atoms with E-state index in [4.69, 9.17) is 29.0 Å². The summed E-state index contributed by atoms with van der Waals surface area (Å²) in [7, 11) is -3.48. The van der Waals surface area contributed by atoms with Crippen molar-refractivity contribution in [2.45, 2.75) is 160 Å². The minimum absolute atomic E-state index is 0.0101. The lowest BCUT2D eigenvalue weighted by Gasteiger charge is -2.69. The number of nitrogens with zero attached hydrogens (tertiary/aromatic N) is 7. The van der Waals surface area contributed by atoms with Crippen molar-refractivity contribution in [3.8, 4) is 16.9 Å². The van der Waals surface area contributed by atoms with Crippen molar-refractivity contribution in [3.63, 3.8) is 0 Å². The maximum atomic E-state index is 14.1. The highest BCUT2D eigenvalue weighted by molar-refractivity contribution is 7.85. The summed E-state index contributed by atoms with van der Waals surface area (Å²) in [5.41, 5.74) is 3.81. The number of carbonyl (C=O) groups excluding carboxylic acids is 7. The van der Waals surface area contributed by atoms with Crippen LogP contribution >= 0.6 is 11.3 Å². The third-order valence-corrected chi connectivity index (χ3v) is 22.2. The number of nitrogens with one attached hydrogen (secondary N) is 4. The number of para-hydroxylation sites is 1. The van der Waals surface area contributed by atoms with Crippen molar-refractivity contribution < 1.29 is 90.4 Å². The van der Waals surface area contributed by atoms with E-state index in [-0.39, 0.29) is 114 Å². The zero-order chi connectivity index (χ0) is 74.8. The Hall–Kier alpha value is -9.73. The van der Waals surface area contributed by atoms with E-state index in [1.165, 1.54) is 53.6 Å². The Bertz CT molecular complexity index is 4490. The summed E-state index contributed by atoms with van der Waals surface area (Å²) in [4.78, 5) is 130. The minimum Gasteiger partial charge on any atom is -0.479 e. The number of benzene rings is 3. The van der Waals surface area contributed by atoms with Gasteiger partial charge in [0.15, 0.2) is 16.9 Å². The monoisotopic (exact) mass is 1480 g/mol. The zero-order valence-electron chi connectivity index (χ0n) is 58.6. The van der Waals surface area contributed by atoms with Crippen LogP contribution in [0.15, 0.2) is 91.1 Å². The Morgan fingerprint density at radius 1 is 0.848 bits per heavy atom. The van der Waals surface area contributed by atoms with Crippen molar-refractivity contribution >= 4 is 102 Å². The molecule has 32 heteroatoms. The average Bonchev–Trinajstić information content (AvgIpc) is 1.31. The number of aliphatic carboxylic acids is 1. The minimum atomic E-state index is -4.89. The smallest absolute Gasteiger partial charge is 0.408 e. The van der Waals surface area contributed by atoms with Gasteiger partial charge < -0.3 is 60.0 Å². The molecule has 2 unspecified atom stereocenters. The van der Waals surface area contributed by atoms with Gasteiger partial charge in [-0.1, -0.05) is 61.9 Å². The van der Waals surface area contributed by atoms with Crippen LogP contribution in [0.2, 0.25) is 0 Å². The topological polar surface area (TPSA) is 407 Å². The lowest BCUT2D eigenvalue weighted by Crippen LogP contribution is -2.64. The third-order valence-electron chi connectivity index (χ3n) is 20.5. The van der Waals surface area contributed by atoms with Gasteiger partial charge in [0.05, 0.1) is 40.4 Å². The molecule has 0 radical (unpaired) electrons. The summed E-state index contributed by atoms with van der Waals surface area (Å²) in [5.74, 6) is -6.22. The SMILES string of the molecule is Cc1c(-c2ccc(N3CCc4cccc(C(=O)Nc5nc6ccccc6s5)c4C3)nc2C(=O)O)cnn1CC12CC3(C)CC(C)(C1)CC(OCCN(C)C(=O)[C@H](CS(=O)(=O)O)NC(=O)OCc1ccc(O[C@H]4C[C@@H](O)C[C@@H](C(=O)O)O4)c(NC(=O)CCNC(=O)CCCCCN4C(=O)C=CC4=O)c1)(C3)C2. The predicted octanol–water partition coefficient (Wildman–Crippen LogP) is 7.41. The molecule has 8 N–H and O–H groups in total. The molecule has 6 aromatic rings. The highest BCUT2D eigenvalue weighted by Crippen LogP contribution is 2.72. The van der Waals surface area contributed by atoms with Crippen LogP contribution in [0, 0.1) is 23.2 Å². The van der Waals surface area contributed by atoms with Gasteiger partial charge in [-0.15, -0.1) is 0 Å². The Morgan fingerprint density at radius 3 is 2.34 bits per heavy atom. The van der Waals surface area contributed by atoms with E-state index in [1.807, 2.05) is 59.0 Å². The molecule has 30 nitrogen and oxygen atoms in total. The van der Waals surface area contributed by atoms with Gasteiger partial charge >= 0.3 is 18.0 Å². The number of thiazole rings is 1. The summed E-state index contributed by atoms with van der Waals surface area (Å²) in [5, 5.41) is 46.8. The molecule has 4 saturated carbocycles. The first-order valence-corrected chi connectivity index (χ1v) is 37.4. The molecule has 0 spiro atoms. The van der Waals surface area contributed by atoms with E-state index in [9.17, 15) is 71.4 Å². The van der Waals surface area contributed by atoms with Crippen LogP contribution in [-0.2, 0) is 79.2 Å². The fraction of sp³-hybridized carbons (Fsp3) is 0.479. The molecule has 5 fully saturated rings. The third kappa shape index (κ3) is 17.8. The van der Waals surface area contributed by atoms with E-state index in [2.05, 4.69) is 40.1 Å². The Kier molecular flexibility index (Phi) is 22.0. The van der Waals surface area contributed by atoms with Crippen molar-refractivity contribution in [3.05, 3.63) is 125 Å². The van der Waals surface area contributed by atoms with E-state index in [1.54, 1.807) is 18.3 Å². The van der Waals surface area contributed by atoms with Crippen LogP contribution in [0.4, 0.5) is 21.4 Å². The number of carboxylic acid groups (broad SMARTS) is 2. The van der Waals surface area contributed by atoms with Crippen LogP contribution in [0.5, 0.6) is 5.75 Å². The van der Waals surface area contributed by atoms with Gasteiger partial charge in [0.1, 0.15) is 30.0 Å². The number of aliphatic hydroxyl groups excluding tert-OH is 1. The summed E-state index contributed by atoms with van der Waals surface area (Å²) in [6, 6.07) is 19.2. The number of unbranched alkanes of at least 4 members (excludes halogenated alkanes) is 2. The van der Waals surface area contributed by atoms with Crippen LogP contribution in [0.1, 0.15) is 141 Å². The first-order chi connectivity index (χ1) is 49.9. The van der Waals surface area contributed by atoms with Crippen molar-refractivity contribution in [1.82, 2.24) is 40.2 Å². The van der Waals surface area contributed by atoms with Crippen molar-refractivity contribution in [2.24, 2.45) is 16.2 Å². The molecule has 7 amide bonds. The van der Waals surface area contributed by atoms with E-state index >= 15 is 0 Å². The van der Waals surface area contributed by atoms with Crippen LogP contribution in [0.3, 0.4) is 0 Å². The first-order valence-electron chi connectivity index (χ1n) is 34.9. The first kappa shape index (κ1) is 75.0. The summed E-state index contributed by atoms with van der Waals surface area (Å²) in [6.07, 6.45) is 5.63. The molecule has 6 heterocycles. The molecule has 6 atom stereocenters. The Morgan fingerprint density at radius 2 is 1.61 bits per heavy atom. The molecule has 4 aliphatic carbocycles. The molecule has 558 valence electrons. The molecule has 13 rings (SSSR count). The van der Waals surface area contributed by atoms with Crippen molar-refractivity contribution in [1.29, 1.82) is 0 Å². The van der Waals surface area contributed by atoms with Gasteiger partial charge in [0.25, 0.3) is 27.8 Å². The number of carboxylic acids is 2. The Labute approximate surface area is 608 Å². The maximum Gasteiger partial charge on any atom is 0.408 e. The lowest BCUT2D eigenvalue weighted by atomic mass is 9.39. The second-order valence-electron chi connectivity index (χ2n) is 29.3. The molecule has 3 aromatic heterocycles. The molecular weight excluding hydrogens is 1400 g/mol. The number of fused-ring (bicyclic) bond motifs is 2. The molecule has 105 heavy (non-hydrogen) atoms. The number of rotatable bonds is 30. The highest BCUT2D eigenvalue weighted by atomic mass is 32.2. The van der Waals surface area contributed by atoms with Gasteiger partial charge in [-0.25, -0.2) is 24.4 Å². The van der Waals surface area contributed by atoms with Crippen LogP contribution in [0.25, 0.3) is 21.3 Å². The number of hydrogen-bond acceptors (Lipinski definition) is 21. The second kappa shape index (κ2) is 30.8. The average molecular weight is 1480 g/mol. The summed E-state index contributed by atoms with van der Waals surface area (Å²) in [6.45, 7) is 7.46. The number of alkyl carbamates (subject to hydrolysis) is 1. The largest absolute Gasteiger partial charge is 0.479 e. The number of anilines is 3. The number of amides is 7. The number of ether oxygens (including phenoxy) is 4. The predicted molar refractivity (Wildman–Crippen MR) is 381 cm³/mol. The quantitative estimate of drug-likeness (QED) is 0.0123. The van der Waals surface area contributed by atoms with Gasteiger partial charge in [-0.2, -0.15) is 13.5 Å². The van der Waals surface area contributed by atoms with Gasteiger partial charge in [0.2, 0.25) is 24.0 Å². The van der Waals surface area contributed by atoms with Gasteiger partial charge in [-0.3, -0.25) is 48.2 Å². The van der Waals surface area contributed by atoms with Crippen LogP contribution < -0.4 is 30.9 Å². The molecule has 7 aliphatic rings. The summed E-state index contributed by atoms with van der Waals surface area (Å²) < 4.78 is 61.6. The number of imide groups is 1. The summed E-state index contributed by atoms with van der Waals surface area (Å²) >= 11 is 1.39. The zero-order valence-corrected chi connectivity index (χ0v) is 60.2. The molecule has 3 aliphatic heterocycles. The highest BCUT2D eigenvalue weighted by Gasteiger charge is 2.66. The maximum absolute atomic E-state index is 14.1. The lowest BCUT2D eigenvalue weighted by molar-refractivity contribution is -0.248.